The van der Waals surface area contributed by atoms with Gasteiger partial charge in [-0.2, -0.15) is 0 Å². The summed E-state index contributed by atoms with van der Waals surface area (Å²) in [6, 6.07) is 9.28. The van der Waals surface area contributed by atoms with E-state index in [1.54, 1.807) is 6.20 Å². The van der Waals surface area contributed by atoms with Crippen molar-refractivity contribution in [2.75, 3.05) is 5.73 Å². The van der Waals surface area contributed by atoms with E-state index in [0.29, 0.717) is 16.4 Å². The van der Waals surface area contributed by atoms with Crippen LogP contribution in [0.25, 0.3) is 11.1 Å². The summed E-state index contributed by atoms with van der Waals surface area (Å²) in [7, 11) is 0. The smallest absolute Gasteiger partial charge is 0.132 e. The number of nitrogens with two attached hydrogens (primary N) is 1. The van der Waals surface area contributed by atoms with E-state index in [-0.39, 0.29) is 0 Å². The van der Waals surface area contributed by atoms with Crippen LogP contribution in [0.2, 0.25) is 5.02 Å². The number of pyridine rings is 1. The number of hydrogen-bond acceptors (Lipinski definition) is 3. The highest BCUT2D eigenvalue weighted by Gasteiger charge is 2.02. The van der Waals surface area contributed by atoms with Gasteiger partial charge in [0.05, 0.1) is 0 Å². The molecule has 1 aromatic heterocycles. The molecule has 80 valence electrons. The number of nitrogen functional groups attached to an aromatic ring is 1. The van der Waals surface area contributed by atoms with Gasteiger partial charge in [0.15, 0.2) is 0 Å². The molecular weight excluding hydrogens is 222 g/mol. The first-order valence-electron chi connectivity index (χ1n) is 4.72. The summed E-state index contributed by atoms with van der Waals surface area (Å²) < 4.78 is 0. The van der Waals surface area contributed by atoms with Crippen LogP contribution in [0, 0.1) is 5.41 Å². The highest BCUT2D eigenvalue weighted by atomic mass is 35.5. The molecule has 0 aliphatic carbocycles. The third-order valence-corrected chi connectivity index (χ3v) is 2.53. The monoisotopic (exact) mass is 231 g/mol. The zero-order chi connectivity index (χ0) is 11.5. The molecule has 0 fully saturated rings. The topological polar surface area (TPSA) is 62.8 Å². The fraction of sp³-hybridized carbons (Fsp3) is 0. The highest BCUT2D eigenvalue weighted by molar-refractivity contribution is 6.30. The van der Waals surface area contributed by atoms with E-state index in [9.17, 15) is 0 Å². The van der Waals surface area contributed by atoms with Crippen LogP contribution in [0.5, 0.6) is 0 Å². The standard InChI is InChI=1S/C12H10ClN3/c13-11-3-1-8(2-4-11)10-5-9(6-14)12(15)16-7-10/h1-7,14H,(H2,15,16). The van der Waals surface area contributed by atoms with Crippen LogP contribution in [0.15, 0.2) is 36.5 Å². The number of anilines is 1. The molecule has 0 saturated heterocycles. The Balaban J connectivity index is 2.48. The lowest BCUT2D eigenvalue weighted by molar-refractivity contribution is 1.32. The molecule has 0 aliphatic heterocycles. The Morgan fingerprint density at radius 1 is 1.19 bits per heavy atom. The van der Waals surface area contributed by atoms with Gasteiger partial charge in [-0.25, -0.2) is 4.98 Å². The van der Waals surface area contributed by atoms with Crippen molar-refractivity contribution < 1.29 is 0 Å². The molecule has 0 aliphatic rings. The van der Waals surface area contributed by atoms with Gasteiger partial charge in [-0.3, -0.25) is 0 Å². The molecule has 3 N–H and O–H groups in total. The van der Waals surface area contributed by atoms with Gasteiger partial charge in [-0.15, -0.1) is 0 Å². The summed E-state index contributed by atoms with van der Waals surface area (Å²) in [6.45, 7) is 0. The number of hydrogen-bond donors (Lipinski definition) is 2. The first-order valence-corrected chi connectivity index (χ1v) is 5.10. The van der Waals surface area contributed by atoms with E-state index in [1.807, 2.05) is 30.3 Å². The van der Waals surface area contributed by atoms with Crippen LogP contribution >= 0.6 is 11.6 Å². The first-order chi connectivity index (χ1) is 7.70. The van der Waals surface area contributed by atoms with E-state index >= 15 is 0 Å². The Bertz CT molecular complexity index is 520. The van der Waals surface area contributed by atoms with E-state index in [4.69, 9.17) is 22.7 Å². The molecule has 0 amide bonds. The first kappa shape index (κ1) is 10.6. The fourth-order valence-electron chi connectivity index (χ4n) is 1.41. The summed E-state index contributed by atoms with van der Waals surface area (Å²) in [5, 5.41) is 7.91. The lowest BCUT2D eigenvalue weighted by Crippen LogP contribution is -1.96. The van der Waals surface area contributed by atoms with E-state index in [1.165, 1.54) is 6.21 Å². The number of nitrogens with zero attached hydrogens (tertiary/aromatic N) is 1. The van der Waals surface area contributed by atoms with Gasteiger partial charge in [0.2, 0.25) is 0 Å². The number of benzene rings is 1. The van der Waals surface area contributed by atoms with Crippen LogP contribution in [0.4, 0.5) is 5.82 Å². The Labute approximate surface area is 98.4 Å². The second-order valence-electron chi connectivity index (χ2n) is 3.35. The largest absolute Gasteiger partial charge is 0.383 e. The molecule has 3 nitrogen and oxygen atoms in total. The lowest BCUT2D eigenvalue weighted by Gasteiger charge is -2.04. The molecular formula is C12H10ClN3. The zero-order valence-electron chi connectivity index (χ0n) is 8.44. The maximum atomic E-state index is 7.21. The van der Waals surface area contributed by atoms with E-state index < -0.39 is 0 Å². The minimum atomic E-state index is 0.368. The minimum absolute atomic E-state index is 0.368. The average Bonchev–Trinajstić information content (AvgIpc) is 2.31. The van der Waals surface area contributed by atoms with Crippen molar-refractivity contribution in [2.45, 2.75) is 0 Å². The van der Waals surface area contributed by atoms with Crippen molar-refractivity contribution >= 4 is 23.6 Å². The van der Waals surface area contributed by atoms with Gasteiger partial charge in [0.25, 0.3) is 0 Å². The molecule has 1 aromatic carbocycles. The Morgan fingerprint density at radius 3 is 2.50 bits per heavy atom. The van der Waals surface area contributed by atoms with Crippen molar-refractivity contribution in [3.8, 4) is 11.1 Å². The molecule has 0 bridgehead atoms. The minimum Gasteiger partial charge on any atom is -0.383 e. The second kappa shape index (κ2) is 4.33. The summed E-state index contributed by atoms with van der Waals surface area (Å²) >= 11 is 5.81. The lowest BCUT2D eigenvalue weighted by atomic mass is 10.1. The molecule has 2 rings (SSSR count). The summed E-state index contributed by atoms with van der Waals surface area (Å²) in [6.07, 6.45) is 2.88. The van der Waals surface area contributed by atoms with Crippen LogP contribution in [0.1, 0.15) is 5.56 Å². The quantitative estimate of drug-likeness (QED) is 0.781. The number of rotatable bonds is 2. The SMILES string of the molecule is N=Cc1cc(-c2ccc(Cl)cc2)cnc1N. The summed E-state index contributed by atoms with van der Waals surface area (Å²) in [4.78, 5) is 4.04. The number of halogens is 1. The highest BCUT2D eigenvalue weighted by Crippen LogP contribution is 2.22. The summed E-state index contributed by atoms with van der Waals surface area (Å²) in [5.74, 6) is 0.368. The third kappa shape index (κ3) is 2.04. The molecule has 0 saturated carbocycles. The molecule has 0 unspecified atom stereocenters. The Morgan fingerprint density at radius 2 is 1.88 bits per heavy atom. The molecule has 4 heteroatoms. The van der Waals surface area contributed by atoms with Crippen molar-refractivity contribution in [1.82, 2.24) is 4.98 Å². The Kier molecular flexibility index (Phi) is 2.88. The number of nitrogens with one attached hydrogen (secondary N) is 1. The van der Waals surface area contributed by atoms with E-state index in [2.05, 4.69) is 4.98 Å². The average molecular weight is 232 g/mol. The van der Waals surface area contributed by atoms with Crippen molar-refractivity contribution in [2.24, 2.45) is 0 Å². The fourth-order valence-corrected chi connectivity index (χ4v) is 1.53. The maximum Gasteiger partial charge on any atom is 0.132 e. The van der Waals surface area contributed by atoms with Gasteiger partial charge in [-0.1, -0.05) is 23.7 Å². The molecule has 0 spiro atoms. The molecule has 16 heavy (non-hydrogen) atoms. The molecule has 1 heterocycles. The Hall–Kier alpha value is -1.87. The summed E-state index contributed by atoms with van der Waals surface area (Å²) in [5.41, 5.74) is 8.16. The van der Waals surface area contributed by atoms with Gasteiger partial charge in [-0.05, 0) is 23.8 Å². The van der Waals surface area contributed by atoms with Gasteiger partial charge >= 0.3 is 0 Å². The molecule has 2 aromatic rings. The third-order valence-electron chi connectivity index (χ3n) is 2.28. The normalized spacial score (nSPS) is 10.1. The van der Waals surface area contributed by atoms with Crippen LogP contribution in [0.3, 0.4) is 0 Å². The van der Waals surface area contributed by atoms with E-state index in [0.717, 1.165) is 11.1 Å². The van der Waals surface area contributed by atoms with Crippen molar-refractivity contribution in [3.05, 3.63) is 47.1 Å². The van der Waals surface area contributed by atoms with Crippen molar-refractivity contribution in [3.63, 3.8) is 0 Å². The second-order valence-corrected chi connectivity index (χ2v) is 3.79. The van der Waals surface area contributed by atoms with Crippen LogP contribution < -0.4 is 5.73 Å². The zero-order valence-corrected chi connectivity index (χ0v) is 9.20. The number of aromatic nitrogens is 1. The van der Waals surface area contributed by atoms with Crippen LogP contribution in [-0.2, 0) is 0 Å². The van der Waals surface area contributed by atoms with Crippen LogP contribution in [-0.4, -0.2) is 11.2 Å². The van der Waals surface area contributed by atoms with Crippen molar-refractivity contribution in [1.29, 1.82) is 5.41 Å². The van der Waals surface area contributed by atoms with Gasteiger partial charge in [0.1, 0.15) is 5.82 Å². The predicted octanol–water partition coefficient (Wildman–Crippen LogP) is 2.98. The maximum absolute atomic E-state index is 7.21. The van der Waals surface area contributed by atoms with Gasteiger partial charge < -0.3 is 11.1 Å². The predicted molar refractivity (Wildman–Crippen MR) is 67.0 cm³/mol. The molecule has 0 radical (unpaired) electrons. The molecule has 0 atom stereocenters. The van der Waals surface area contributed by atoms with Gasteiger partial charge in [0, 0.05) is 28.6 Å².